The van der Waals surface area contributed by atoms with Crippen LogP contribution in [-0.4, -0.2) is 40.3 Å². The number of hydrogen-bond donors (Lipinski definition) is 2. The molecule has 0 saturated carbocycles. The third-order valence-electron chi connectivity index (χ3n) is 1.68. The molecule has 96 valence electrons. The molecule has 0 aliphatic rings. The first-order valence-corrected chi connectivity index (χ1v) is 5.21. The monoisotopic (exact) mass is 271 g/mol. The Morgan fingerprint density at radius 1 is 1.56 bits per heavy atom. The molecule has 0 spiro atoms. The van der Waals surface area contributed by atoms with Gasteiger partial charge in [0.2, 0.25) is 0 Å². The maximum absolute atomic E-state index is 11.0. The van der Waals surface area contributed by atoms with Gasteiger partial charge in [-0.1, -0.05) is 16.8 Å². The van der Waals surface area contributed by atoms with Gasteiger partial charge in [0.15, 0.2) is 11.8 Å². The van der Waals surface area contributed by atoms with Crippen molar-refractivity contribution in [2.24, 2.45) is 5.16 Å². The maximum Gasteiger partial charge on any atom is 0.322 e. The number of aromatic nitrogens is 1. The topological polar surface area (TPSA) is 101 Å². The van der Waals surface area contributed by atoms with Crippen molar-refractivity contribution < 1.29 is 19.5 Å². The van der Waals surface area contributed by atoms with Gasteiger partial charge in [-0.05, 0) is 12.1 Å². The number of carbonyl (C=O) groups excluding carboxylic acids is 1. The average molecular weight is 272 g/mol. The number of pyridine rings is 1. The van der Waals surface area contributed by atoms with Crippen LogP contribution in [0.1, 0.15) is 5.56 Å². The number of oxime groups is 1. The lowest BCUT2D eigenvalue weighted by atomic mass is 10.3. The van der Waals surface area contributed by atoms with Gasteiger partial charge in [-0.25, -0.2) is 0 Å². The van der Waals surface area contributed by atoms with Crippen molar-refractivity contribution in [3.05, 3.63) is 30.1 Å². The minimum absolute atomic E-state index is 0.0501. The van der Waals surface area contributed by atoms with Crippen molar-refractivity contribution >= 4 is 28.6 Å². The third kappa shape index (κ3) is 5.26. The number of nitrogens with zero attached hydrogens (tertiary/aromatic N) is 2. The van der Waals surface area contributed by atoms with Gasteiger partial charge in [0.05, 0.1) is 0 Å². The molecular formula is C10H10ClN3O4. The van der Waals surface area contributed by atoms with Crippen LogP contribution in [0.3, 0.4) is 0 Å². The number of halogens is 1. The Morgan fingerprint density at radius 2 is 2.33 bits per heavy atom. The van der Waals surface area contributed by atoms with Crippen molar-refractivity contribution in [1.29, 1.82) is 0 Å². The molecule has 0 aliphatic carbocycles. The maximum atomic E-state index is 11.0. The normalized spacial score (nSPS) is 10.8. The van der Waals surface area contributed by atoms with E-state index in [1.165, 1.54) is 6.20 Å². The minimum atomic E-state index is -1.14. The predicted molar refractivity (Wildman–Crippen MR) is 63.2 cm³/mol. The molecule has 0 unspecified atom stereocenters. The SMILES string of the molecule is O=C(O)CNC(=O)CON=C(Cl)c1cccnc1. The van der Waals surface area contributed by atoms with Gasteiger partial charge in [-0.2, -0.15) is 0 Å². The van der Waals surface area contributed by atoms with E-state index >= 15 is 0 Å². The number of amides is 1. The molecule has 0 fully saturated rings. The fourth-order valence-corrected chi connectivity index (χ4v) is 1.07. The molecular weight excluding hydrogens is 262 g/mol. The van der Waals surface area contributed by atoms with Crippen molar-refractivity contribution in [3.63, 3.8) is 0 Å². The van der Waals surface area contributed by atoms with Gasteiger partial charge < -0.3 is 15.3 Å². The van der Waals surface area contributed by atoms with Gasteiger partial charge >= 0.3 is 5.97 Å². The summed E-state index contributed by atoms with van der Waals surface area (Å²) in [6, 6.07) is 3.35. The average Bonchev–Trinajstić information content (AvgIpc) is 2.37. The fraction of sp³-hybridized carbons (Fsp3) is 0.200. The highest BCUT2D eigenvalue weighted by molar-refractivity contribution is 6.69. The summed E-state index contributed by atoms with van der Waals surface area (Å²) in [5.41, 5.74) is 0.546. The molecule has 8 heteroatoms. The van der Waals surface area contributed by atoms with Crippen molar-refractivity contribution in [2.75, 3.05) is 13.2 Å². The standard InChI is InChI=1S/C10H10ClN3O4/c11-10(7-2-1-3-12-4-7)14-18-6-8(15)13-5-9(16)17/h1-4H,5-6H2,(H,13,15)(H,16,17). The summed E-state index contributed by atoms with van der Waals surface area (Å²) < 4.78 is 0. The number of nitrogens with one attached hydrogen (secondary N) is 1. The summed E-state index contributed by atoms with van der Waals surface area (Å²) in [5.74, 6) is -1.74. The Bertz CT molecular complexity index is 450. The number of aliphatic carboxylic acids is 1. The lowest BCUT2D eigenvalue weighted by Gasteiger charge is -2.01. The molecule has 1 aromatic heterocycles. The summed E-state index contributed by atoms with van der Waals surface area (Å²) in [6.45, 7) is -0.883. The summed E-state index contributed by atoms with van der Waals surface area (Å²) in [7, 11) is 0. The predicted octanol–water partition coefficient (Wildman–Crippen LogP) is 0.199. The minimum Gasteiger partial charge on any atom is -0.480 e. The Labute approximate surface area is 107 Å². The molecule has 0 atom stereocenters. The van der Waals surface area contributed by atoms with Gasteiger partial charge in [0, 0.05) is 18.0 Å². The van der Waals surface area contributed by atoms with E-state index in [1.807, 2.05) is 0 Å². The molecule has 0 aliphatic heterocycles. The molecule has 0 bridgehead atoms. The molecule has 7 nitrogen and oxygen atoms in total. The molecule has 1 amide bonds. The van der Waals surface area contributed by atoms with Crippen LogP contribution in [0.2, 0.25) is 0 Å². The molecule has 1 heterocycles. The Kier molecular flexibility index (Phi) is 5.59. The third-order valence-corrected chi connectivity index (χ3v) is 1.96. The zero-order chi connectivity index (χ0) is 13.4. The molecule has 0 saturated heterocycles. The second kappa shape index (κ2) is 7.23. The number of carboxylic acid groups (broad SMARTS) is 1. The van der Waals surface area contributed by atoms with Crippen molar-refractivity contribution in [2.45, 2.75) is 0 Å². The summed E-state index contributed by atoms with van der Waals surface area (Å²) in [6.07, 6.45) is 3.06. The van der Waals surface area contributed by atoms with Crippen LogP contribution in [0.15, 0.2) is 29.7 Å². The highest BCUT2D eigenvalue weighted by Crippen LogP contribution is 2.02. The van der Waals surface area contributed by atoms with Crippen molar-refractivity contribution in [1.82, 2.24) is 10.3 Å². The number of hydrogen-bond acceptors (Lipinski definition) is 5. The van der Waals surface area contributed by atoms with E-state index < -0.39 is 25.0 Å². The fourth-order valence-electron chi connectivity index (χ4n) is 0.910. The lowest BCUT2D eigenvalue weighted by molar-refractivity contribution is -0.138. The Balaban J connectivity index is 2.36. The number of carboxylic acids is 1. The molecule has 18 heavy (non-hydrogen) atoms. The van der Waals surface area contributed by atoms with E-state index in [4.69, 9.17) is 16.7 Å². The molecule has 1 aromatic rings. The second-order valence-corrected chi connectivity index (χ2v) is 3.43. The van der Waals surface area contributed by atoms with Crippen LogP contribution in [-0.2, 0) is 14.4 Å². The van der Waals surface area contributed by atoms with E-state index in [0.717, 1.165) is 0 Å². The summed E-state index contributed by atoms with van der Waals surface area (Å²) in [5, 5.41) is 14.0. The largest absolute Gasteiger partial charge is 0.480 e. The Hall–Kier alpha value is -2.15. The highest BCUT2D eigenvalue weighted by Gasteiger charge is 2.05. The van der Waals surface area contributed by atoms with E-state index in [2.05, 4.69) is 20.3 Å². The zero-order valence-corrected chi connectivity index (χ0v) is 9.92. The van der Waals surface area contributed by atoms with Crippen molar-refractivity contribution in [3.8, 4) is 0 Å². The van der Waals surface area contributed by atoms with Crippen LogP contribution < -0.4 is 5.32 Å². The molecule has 0 radical (unpaired) electrons. The summed E-state index contributed by atoms with van der Waals surface area (Å²) in [4.78, 5) is 29.7. The van der Waals surface area contributed by atoms with Crippen LogP contribution in [0.25, 0.3) is 0 Å². The first-order chi connectivity index (χ1) is 8.59. The van der Waals surface area contributed by atoms with Gasteiger partial charge in [0.1, 0.15) is 6.54 Å². The van der Waals surface area contributed by atoms with Crippen LogP contribution in [0.5, 0.6) is 0 Å². The van der Waals surface area contributed by atoms with E-state index in [-0.39, 0.29) is 5.17 Å². The smallest absolute Gasteiger partial charge is 0.322 e. The number of rotatable bonds is 6. The molecule has 2 N–H and O–H groups in total. The highest BCUT2D eigenvalue weighted by atomic mass is 35.5. The first kappa shape index (κ1) is 13.9. The zero-order valence-electron chi connectivity index (χ0n) is 9.17. The molecule has 1 rings (SSSR count). The van der Waals surface area contributed by atoms with Crippen LogP contribution >= 0.6 is 11.6 Å². The van der Waals surface area contributed by atoms with Gasteiger partial charge in [-0.15, -0.1) is 0 Å². The Morgan fingerprint density at radius 3 is 2.94 bits per heavy atom. The first-order valence-electron chi connectivity index (χ1n) is 4.84. The van der Waals surface area contributed by atoms with E-state index in [0.29, 0.717) is 5.56 Å². The lowest BCUT2D eigenvalue weighted by Crippen LogP contribution is -2.31. The summed E-state index contributed by atoms with van der Waals surface area (Å²) >= 11 is 5.78. The van der Waals surface area contributed by atoms with E-state index in [9.17, 15) is 9.59 Å². The van der Waals surface area contributed by atoms with E-state index in [1.54, 1.807) is 18.3 Å². The van der Waals surface area contributed by atoms with Gasteiger partial charge in [-0.3, -0.25) is 14.6 Å². The van der Waals surface area contributed by atoms with Crippen LogP contribution in [0, 0.1) is 0 Å². The molecule has 0 aromatic carbocycles. The number of carbonyl (C=O) groups is 2. The quantitative estimate of drug-likeness (QED) is 0.568. The van der Waals surface area contributed by atoms with Gasteiger partial charge in [0.25, 0.3) is 5.91 Å². The second-order valence-electron chi connectivity index (χ2n) is 3.07. The van der Waals surface area contributed by atoms with Crippen LogP contribution in [0.4, 0.5) is 0 Å².